The minimum atomic E-state index is -0.0461. The van der Waals surface area contributed by atoms with Gasteiger partial charge in [0.05, 0.1) is 12.2 Å². The molecule has 16 heavy (non-hydrogen) atoms. The fourth-order valence-electron chi connectivity index (χ4n) is 1.32. The van der Waals surface area contributed by atoms with E-state index in [4.69, 9.17) is 5.26 Å². The Labute approximate surface area is 93.5 Å². The predicted octanol–water partition coefficient (Wildman–Crippen LogP) is 0.644. The lowest BCUT2D eigenvalue weighted by Gasteiger charge is -2.07. The number of anilines is 1. The third-order valence-electron chi connectivity index (χ3n) is 2.30. The molecule has 0 radical (unpaired) electrons. The average Bonchev–Trinajstić information content (AvgIpc) is 3.10. The van der Waals surface area contributed by atoms with Crippen LogP contribution in [-0.2, 0) is 4.79 Å². The molecule has 1 amide bonds. The molecule has 0 spiro atoms. The van der Waals surface area contributed by atoms with Gasteiger partial charge in [-0.3, -0.25) is 4.79 Å². The maximum absolute atomic E-state index is 11.4. The maximum atomic E-state index is 11.4. The zero-order valence-corrected chi connectivity index (χ0v) is 8.73. The lowest BCUT2D eigenvalue weighted by molar-refractivity contribution is -0.119. The molecule has 0 aliphatic heterocycles. The molecule has 1 fully saturated rings. The lowest BCUT2D eigenvalue weighted by Crippen LogP contribution is -2.31. The highest BCUT2D eigenvalue weighted by molar-refractivity contribution is 5.81. The monoisotopic (exact) mass is 216 g/mol. The molecule has 2 rings (SSSR count). The largest absolute Gasteiger partial charge is 0.374 e. The average molecular weight is 216 g/mol. The second kappa shape index (κ2) is 4.62. The molecule has 1 aliphatic rings. The van der Waals surface area contributed by atoms with Crippen molar-refractivity contribution in [2.24, 2.45) is 0 Å². The number of hydrogen-bond donors (Lipinski definition) is 2. The summed E-state index contributed by atoms with van der Waals surface area (Å²) in [7, 11) is 0. The number of rotatable bonds is 4. The summed E-state index contributed by atoms with van der Waals surface area (Å²) in [5, 5.41) is 14.5. The molecular weight excluding hydrogens is 204 g/mol. The number of carbonyl (C=O) groups is 1. The van der Waals surface area contributed by atoms with Crippen molar-refractivity contribution in [1.82, 2.24) is 10.3 Å². The van der Waals surface area contributed by atoms with Gasteiger partial charge in [0.25, 0.3) is 0 Å². The number of nitrogens with one attached hydrogen (secondary N) is 2. The summed E-state index contributed by atoms with van der Waals surface area (Å²) in [5.41, 5.74) is 0.901. The minimum Gasteiger partial charge on any atom is -0.374 e. The van der Waals surface area contributed by atoms with Gasteiger partial charge in [-0.1, -0.05) is 0 Å². The van der Waals surface area contributed by atoms with Gasteiger partial charge in [0.2, 0.25) is 5.91 Å². The number of amides is 1. The smallest absolute Gasteiger partial charge is 0.239 e. The SMILES string of the molecule is N#Cc1ncccc1NCC(=O)NC1CC1. The third kappa shape index (κ3) is 2.70. The molecule has 5 nitrogen and oxygen atoms in total. The van der Waals surface area contributed by atoms with Gasteiger partial charge in [0.1, 0.15) is 6.07 Å². The van der Waals surface area contributed by atoms with Crippen LogP contribution < -0.4 is 10.6 Å². The van der Waals surface area contributed by atoms with Gasteiger partial charge in [-0.2, -0.15) is 5.26 Å². The van der Waals surface area contributed by atoms with Crippen LogP contribution in [0.25, 0.3) is 0 Å². The molecule has 0 aromatic carbocycles. The Morgan fingerprint density at radius 2 is 2.44 bits per heavy atom. The molecule has 0 saturated heterocycles. The topological polar surface area (TPSA) is 77.8 Å². The quantitative estimate of drug-likeness (QED) is 0.774. The van der Waals surface area contributed by atoms with E-state index in [-0.39, 0.29) is 12.5 Å². The Morgan fingerprint density at radius 1 is 1.62 bits per heavy atom. The molecule has 1 heterocycles. The summed E-state index contributed by atoms with van der Waals surface area (Å²) < 4.78 is 0. The molecule has 0 atom stereocenters. The first-order chi connectivity index (χ1) is 7.79. The molecule has 2 N–H and O–H groups in total. The second-order valence-electron chi connectivity index (χ2n) is 3.71. The molecule has 0 bridgehead atoms. The number of aromatic nitrogens is 1. The van der Waals surface area contributed by atoms with Crippen LogP contribution in [0.2, 0.25) is 0 Å². The van der Waals surface area contributed by atoms with Crippen LogP contribution in [0, 0.1) is 11.3 Å². The van der Waals surface area contributed by atoms with E-state index < -0.39 is 0 Å². The van der Waals surface area contributed by atoms with Crippen molar-refractivity contribution in [2.45, 2.75) is 18.9 Å². The van der Waals surface area contributed by atoms with Gasteiger partial charge in [-0.15, -0.1) is 0 Å². The summed E-state index contributed by atoms with van der Waals surface area (Å²) in [6, 6.07) is 5.78. The molecule has 82 valence electrons. The second-order valence-corrected chi connectivity index (χ2v) is 3.71. The fraction of sp³-hybridized carbons (Fsp3) is 0.364. The van der Waals surface area contributed by atoms with Crippen molar-refractivity contribution < 1.29 is 4.79 Å². The van der Waals surface area contributed by atoms with Crippen LogP contribution in [0.1, 0.15) is 18.5 Å². The number of nitrogens with zero attached hydrogens (tertiary/aromatic N) is 2. The van der Waals surface area contributed by atoms with Crippen molar-refractivity contribution in [1.29, 1.82) is 5.26 Å². The molecule has 1 aliphatic carbocycles. The summed E-state index contributed by atoms with van der Waals surface area (Å²) >= 11 is 0. The molecule has 1 saturated carbocycles. The van der Waals surface area contributed by atoms with E-state index in [2.05, 4.69) is 15.6 Å². The summed E-state index contributed by atoms with van der Waals surface area (Å²) in [4.78, 5) is 15.3. The zero-order chi connectivity index (χ0) is 11.4. The minimum absolute atomic E-state index is 0.0461. The lowest BCUT2D eigenvalue weighted by atomic mass is 10.3. The highest BCUT2D eigenvalue weighted by Gasteiger charge is 2.22. The van der Waals surface area contributed by atoms with Crippen molar-refractivity contribution in [3.8, 4) is 6.07 Å². The Bertz CT molecular complexity index is 434. The van der Waals surface area contributed by atoms with Crippen LogP contribution in [-0.4, -0.2) is 23.5 Å². The molecule has 0 unspecified atom stereocenters. The van der Waals surface area contributed by atoms with E-state index in [1.54, 1.807) is 18.3 Å². The van der Waals surface area contributed by atoms with Crippen molar-refractivity contribution in [2.75, 3.05) is 11.9 Å². The zero-order valence-electron chi connectivity index (χ0n) is 8.73. The highest BCUT2D eigenvalue weighted by atomic mass is 16.2. The van der Waals surface area contributed by atoms with Gasteiger partial charge in [-0.25, -0.2) is 4.98 Å². The third-order valence-corrected chi connectivity index (χ3v) is 2.30. The van der Waals surface area contributed by atoms with Crippen LogP contribution in [0.15, 0.2) is 18.3 Å². The van der Waals surface area contributed by atoms with E-state index >= 15 is 0 Å². The highest BCUT2D eigenvalue weighted by Crippen LogP contribution is 2.18. The van der Waals surface area contributed by atoms with Crippen LogP contribution in [0.4, 0.5) is 5.69 Å². The van der Waals surface area contributed by atoms with Crippen molar-refractivity contribution >= 4 is 11.6 Å². The Hall–Kier alpha value is -2.09. The number of nitriles is 1. The van der Waals surface area contributed by atoms with Crippen molar-refractivity contribution in [3.05, 3.63) is 24.0 Å². The van der Waals surface area contributed by atoms with Crippen LogP contribution >= 0.6 is 0 Å². The number of carbonyl (C=O) groups excluding carboxylic acids is 1. The number of pyridine rings is 1. The van der Waals surface area contributed by atoms with E-state index in [1.165, 1.54) is 0 Å². The Kier molecular flexibility index (Phi) is 3.01. The molecule has 1 aromatic heterocycles. The normalized spacial score (nSPS) is 13.9. The van der Waals surface area contributed by atoms with Crippen LogP contribution in [0.5, 0.6) is 0 Å². The molecule has 5 heteroatoms. The van der Waals surface area contributed by atoms with Crippen molar-refractivity contribution in [3.63, 3.8) is 0 Å². The molecular formula is C11H12N4O. The van der Waals surface area contributed by atoms with Gasteiger partial charge >= 0.3 is 0 Å². The van der Waals surface area contributed by atoms with Gasteiger partial charge in [0.15, 0.2) is 5.69 Å². The number of hydrogen-bond acceptors (Lipinski definition) is 4. The van der Waals surface area contributed by atoms with E-state index in [9.17, 15) is 4.79 Å². The van der Waals surface area contributed by atoms with Crippen LogP contribution in [0.3, 0.4) is 0 Å². The predicted molar refractivity (Wildman–Crippen MR) is 58.6 cm³/mol. The Morgan fingerprint density at radius 3 is 3.12 bits per heavy atom. The maximum Gasteiger partial charge on any atom is 0.239 e. The van der Waals surface area contributed by atoms with Gasteiger partial charge < -0.3 is 10.6 Å². The summed E-state index contributed by atoms with van der Waals surface area (Å²) in [6.07, 6.45) is 3.69. The van der Waals surface area contributed by atoms with E-state index in [1.807, 2.05) is 6.07 Å². The summed E-state index contributed by atoms with van der Waals surface area (Å²) in [6.45, 7) is 0.177. The fourth-order valence-corrected chi connectivity index (χ4v) is 1.32. The first kappa shape index (κ1) is 10.4. The first-order valence-electron chi connectivity index (χ1n) is 5.18. The standard InChI is InChI=1S/C11H12N4O/c12-6-10-9(2-1-5-13-10)14-7-11(16)15-8-3-4-8/h1-2,5,8,14H,3-4,7H2,(H,15,16). The van der Waals surface area contributed by atoms with E-state index in [0.29, 0.717) is 17.4 Å². The van der Waals surface area contributed by atoms with Gasteiger partial charge in [-0.05, 0) is 25.0 Å². The van der Waals surface area contributed by atoms with Gasteiger partial charge in [0, 0.05) is 12.2 Å². The first-order valence-corrected chi connectivity index (χ1v) is 5.18. The molecule has 1 aromatic rings. The summed E-state index contributed by atoms with van der Waals surface area (Å²) in [5.74, 6) is -0.0461. The van der Waals surface area contributed by atoms with E-state index in [0.717, 1.165) is 12.8 Å². The Balaban J connectivity index is 1.88.